The van der Waals surface area contributed by atoms with Gasteiger partial charge < -0.3 is 10.1 Å². The maximum absolute atomic E-state index is 5.92. The minimum Gasteiger partial charge on any atom is -0.477 e. The summed E-state index contributed by atoms with van der Waals surface area (Å²) in [5.41, 5.74) is 1.01. The van der Waals surface area contributed by atoms with Crippen molar-refractivity contribution in [1.82, 2.24) is 9.97 Å². The zero-order chi connectivity index (χ0) is 15.0. The maximum Gasteiger partial charge on any atom is 0.221 e. The summed E-state index contributed by atoms with van der Waals surface area (Å²) in [4.78, 5) is 9.07. The third kappa shape index (κ3) is 4.99. The molecule has 1 atom stereocenters. The Bertz CT molecular complexity index is 407. The molecule has 0 aromatic carbocycles. The van der Waals surface area contributed by atoms with E-state index >= 15 is 0 Å². The van der Waals surface area contributed by atoms with Crippen LogP contribution in [-0.2, 0) is 6.42 Å². The normalized spacial score (nSPS) is 12.2. The van der Waals surface area contributed by atoms with E-state index in [1.807, 2.05) is 6.92 Å². The molecule has 0 saturated carbocycles. The zero-order valence-electron chi connectivity index (χ0n) is 13.6. The van der Waals surface area contributed by atoms with Crippen molar-refractivity contribution in [2.24, 2.45) is 5.92 Å². The predicted octanol–water partition coefficient (Wildman–Crippen LogP) is 3.98. The molecule has 0 saturated heterocycles. The summed E-state index contributed by atoms with van der Waals surface area (Å²) < 4.78 is 5.92. The second-order valence-electron chi connectivity index (χ2n) is 5.40. The Morgan fingerprint density at radius 1 is 1.15 bits per heavy atom. The first-order valence-corrected chi connectivity index (χ1v) is 7.86. The van der Waals surface area contributed by atoms with Crippen molar-refractivity contribution in [3.63, 3.8) is 0 Å². The largest absolute Gasteiger partial charge is 0.477 e. The van der Waals surface area contributed by atoms with Gasteiger partial charge in [-0.2, -0.15) is 4.98 Å². The fourth-order valence-electron chi connectivity index (χ4n) is 2.05. The maximum atomic E-state index is 5.92. The Hall–Kier alpha value is -1.32. The molecular weight excluding hydrogens is 250 g/mol. The summed E-state index contributed by atoms with van der Waals surface area (Å²) in [5, 5.41) is 3.36. The minimum atomic E-state index is 0.562. The van der Waals surface area contributed by atoms with Crippen LogP contribution in [0.5, 0.6) is 5.88 Å². The highest BCUT2D eigenvalue weighted by atomic mass is 16.5. The summed E-state index contributed by atoms with van der Waals surface area (Å²) in [6.45, 7) is 12.3. The number of hydrogen-bond acceptors (Lipinski definition) is 4. The molecule has 0 aliphatic carbocycles. The average molecular weight is 279 g/mol. The lowest BCUT2D eigenvalue weighted by Crippen LogP contribution is -2.13. The van der Waals surface area contributed by atoms with Gasteiger partial charge in [0.15, 0.2) is 0 Å². The molecule has 0 amide bonds. The molecule has 1 N–H and O–H groups in total. The van der Waals surface area contributed by atoms with Crippen molar-refractivity contribution in [2.75, 3.05) is 18.5 Å². The Balaban J connectivity index is 2.82. The highest BCUT2D eigenvalue weighted by molar-refractivity contribution is 5.48. The van der Waals surface area contributed by atoms with Crippen LogP contribution in [0.2, 0.25) is 0 Å². The van der Waals surface area contributed by atoms with E-state index < -0.39 is 0 Å². The van der Waals surface area contributed by atoms with Crippen LogP contribution in [0.1, 0.15) is 58.3 Å². The second-order valence-corrected chi connectivity index (χ2v) is 5.40. The molecule has 0 spiro atoms. The van der Waals surface area contributed by atoms with Crippen molar-refractivity contribution in [3.05, 3.63) is 11.4 Å². The first kappa shape index (κ1) is 16.7. The van der Waals surface area contributed by atoms with Crippen molar-refractivity contribution in [1.29, 1.82) is 0 Å². The van der Waals surface area contributed by atoms with Gasteiger partial charge in [0.1, 0.15) is 11.6 Å². The molecule has 114 valence electrons. The number of ether oxygens (including phenoxy) is 1. The molecule has 20 heavy (non-hydrogen) atoms. The molecular formula is C16H29N3O. The molecule has 0 bridgehead atoms. The number of hydrogen-bond donors (Lipinski definition) is 1. The Morgan fingerprint density at radius 3 is 2.50 bits per heavy atom. The third-order valence-corrected chi connectivity index (χ3v) is 3.29. The van der Waals surface area contributed by atoms with E-state index in [0.29, 0.717) is 5.92 Å². The van der Waals surface area contributed by atoms with Crippen LogP contribution in [0.15, 0.2) is 0 Å². The van der Waals surface area contributed by atoms with Crippen LogP contribution in [0.3, 0.4) is 0 Å². The van der Waals surface area contributed by atoms with Gasteiger partial charge in [-0.15, -0.1) is 0 Å². The van der Waals surface area contributed by atoms with Gasteiger partial charge in [0.05, 0.1) is 12.2 Å². The monoisotopic (exact) mass is 279 g/mol. The van der Waals surface area contributed by atoms with Gasteiger partial charge in [0, 0.05) is 13.0 Å². The van der Waals surface area contributed by atoms with E-state index in [2.05, 4.69) is 43.0 Å². The van der Waals surface area contributed by atoms with E-state index in [0.717, 1.165) is 49.1 Å². The minimum absolute atomic E-state index is 0.562. The number of rotatable bonds is 9. The lowest BCUT2D eigenvalue weighted by Gasteiger charge is -2.16. The molecule has 1 heterocycles. The van der Waals surface area contributed by atoms with Crippen molar-refractivity contribution < 1.29 is 4.74 Å². The summed E-state index contributed by atoms with van der Waals surface area (Å²) in [6, 6.07) is 0. The van der Waals surface area contributed by atoms with Crippen LogP contribution in [0.25, 0.3) is 0 Å². The number of nitrogens with zero attached hydrogens (tertiary/aromatic N) is 2. The molecule has 1 aromatic rings. The van der Waals surface area contributed by atoms with Gasteiger partial charge in [0.25, 0.3) is 0 Å². The predicted molar refractivity (Wildman–Crippen MR) is 84.5 cm³/mol. The van der Waals surface area contributed by atoms with Crippen LogP contribution in [0.4, 0.5) is 5.82 Å². The topological polar surface area (TPSA) is 47.0 Å². The van der Waals surface area contributed by atoms with Crippen molar-refractivity contribution in [2.45, 2.75) is 60.3 Å². The fourth-order valence-corrected chi connectivity index (χ4v) is 2.05. The molecule has 1 aromatic heterocycles. The number of aromatic nitrogens is 2. The van der Waals surface area contributed by atoms with Crippen LogP contribution >= 0.6 is 0 Å². The molecule has 1 rings (SSSR count). The van der Waals surface area contributed by atoms with Crippen LogP contribution in [0, 0.1) is 12.8 Å². The van der Waals surface area contributed by atoms with Crippen molar-refractivity contribution >= 4 is 5.82 Å². The molecule has 1 unspecified atom stereocenters. The smallest absolute Gasteiger partial charge is 0.221 e. The van der Waals surface area contributed by atoms with Crippen LogP contribution < -0.4 is 10.1 Å². The Kier molecular flexibility index (Phi) is 7.34. The first-order chi connectivity index (χ1) is 9.62. The first-order valence-electron chi connectivity index (χ1n) is 7.86. The Morgan fingerprint density at radius 2 is 1.90 bits per heavy atom. The van der Waals surface area contributed by atoms with E-state index in [-0.39, 0.29) is 0 Å². The standard InChI is InChI=1S/C16H29N3O/c1-6-9-12(4)11-20-16-13(5)15(17-10-7-2)18-14(8-3)19-16/h12H,6-11H2,1-5H3,(H,17,18,19). The second kappa shape index (κ2) is 8.77. The summed E-state index contributed by atoms with van der Waals surface area (Å²) in [5.74, 6) is 3.05. The lowest BCUT2D eigenvalue weighted by molar-refractivity contribution is 0.240. The summed E-state index contributed by atoms with van der Waals surface area (Å²) >= 11 is 0. The molecule has 4 heteroatoms. The van der Waals surface area contributed by atoms with Gasteiger partial charge in [-0.25, -0.2) is 4.98 Å². The molecule has 0 fully saturated rings. The average Bonchev–Trinajstić information content (AvgIpc) is 2.45. The number of anilines is 1. The lowest BCUT2D eigenvalue weighted by atomic mass is 10.1. The van der Waals surface area contributed by atoms with Crippen molar-refractivity contribution in [3.8, 4) is 5.88 Å². The van der Waals surface area contributed by atoms with Gasteiger partial charge in [0.2, 0.25) is 5.88 Å². The van der Waals surface area contributed by atoms with Gasteiger partial charge in [-0.05, 0) is 25.7 Å². The molecule has 0 aliphatic heterocycles. The van der Waals surface area contributed by atoms with E-state index in [1.54, 1.807) is 0 Å². The summed E-state index contributed by atoms with van der Waals surface area (Å²) in [7, 11) is 0. The van der Waals surface area contributed by atoms with Gasteiger partial charge >= 0.3 is 0 Å². The number of aryl methyl sites for hydroxylation is 1. The molecule has 4 nitrogen and oxygen atoms in total. The SMILES string of the molecule is CCCNc1nc(CC)nc(OCC(C)CCC)c1C. The fraction of sp³-hybridized carbons (Fsp3) is 0.750. The van der Waals surface area contributed by atoms with Gasteiger partial charge in [-0.1, -0.05) is 34.1 Å². The molecule has 0 radical (unpaired) electrons. The van der Waals surface area contributed by atoms with Gasteiger partial charge in [-0.3, -0.25) is 0 Å². The number of nitrogens with one attached hydrogen (secondary N) is 1. The van der Waals surface area contributed by atoms with E-state index in [1.165, 1.54) is 12.8 Å². The highest BCUT2D eigenvalue weighted by Crippen LogP contribution is 2.23. The third-order valence-electron chi connectivity index (χ3n) is 3.29. The quantitative estimate of drug-likeness (QED) is 0.742. The summed E-state index contributed by atoms with van der Waals surface area (Å²) in [6.07, 6.45) is 4.28. The molecule has 0 aliphatic rings. The Labute approximate surface area is 123 Å². The van der Waals surface area contributed by atoms with E-state index in [4.69, 9.17) is 4.74 Å². The van der Waals surface area contributed by atoms with E-state index in [9.17, 15) is 0 Å². The zero-order valence-corrected chi connectivity index (χ0v) is 13.6. The highest BCUT2D eigenvalue weighted by Gasteiger charge is 2.12. The van der Waals surface area contributed by atoms with Crippen LogP contribution in [-0.4, -0.2) is 23.1 Å².